The van der Waals surface area contributed by atoms with E-state index in [-0.39, 0.29) is 0 Å². The number of aromatic nitrogens is 2. The molecule has 0 saturated heterocycles. The summed E-state index contributed by atoms with van der Waals surface area (Å²) in [6.45, 7) is 4.02. The zero-order chi connectivity index (χ0) is 13.4. The molecular weight excluding hydrogens is 236 g/mol. The molecule has 0 radical (unpaired) electrons. The normalized spacial score (nSPS) is 14.4. The molecule has 3 rings (SSSR count). The molecule has 0 bridgehead atoms. The van der Waals surface area contributed by atoms with Gasteiger partial charge in [-0.2, -0.15) is 0 Å². The van der Waals surface area contributed by atoms with E-state index in [1.807, 2.05) is 19.1 Å². The molecule has 1 aliphatic rings. The monoisotopic (exact) mass is 254 g/mol. The number of rotatable bonds is 3. The van der Waals surface area contributed by atoms with Crippen LogP contribution in [-0.4, -0.2) is 9.97 Å². The van der Waals surface area contributed by atoms with Gasteiger partial charge in [-0.3, -0.25) is 0 Å². The molecule has 1 aromatic carbocycles. The molecule has 0 spiro atoms. The molecule has 4 heteroatoms. The number of aryl methyl sites for hydroxylation is 1. The second kappa shape index (κ2) is 4.53. The van der Waals surface area contributed by atoms with Gasteiger partial charge in [0.15, 0.2) is 0 Å². The van der Waals surface area contributed by atoms with Gasteiger partial charge in [0, 0.05) is 17.2 Å². The molecule has 19 heavy (non-hydrogen) atoms. The molecule has 98 valence electrons. The SMILES string of the molecule is Cc1ccc(Nc2nc(C3CC3)nc(N)c2C)cc1. The topological polar surface area (TPSA) is 63.8 Å². The number of benzene rings is 1. The molecule has 0 amide bonds. The van der Waals surface area contributed by atoms with Crippen LogP contribution in [0.15, 0.2) is 24.3 Å². The summed E-state index contributed by atoms with van der Waals surface area (Å²) in [5.74, 6) is 2.77. The number of hydrogen-bond donors (Lipinski definition) is 2. The fourth-order valence-electron chi connectivity index (χ4n) is 1.97. The van der Waals surface area contributed by atoms with Gasteiger partial charge in [0.2, 0.25) is 0 Å². The first-order valence-corrected chi connectivity index (χ1v) is 6.61. The third-order valence-electron chi connectivity index (χ3n) is 3.46. The number of nitrogens with zero attached hydrogens (tertiary/aromatic N) is 2. The molecule has 0 unspecified atom stereocenters. The van der Waals surface area contributed by atoms with Crippen molar-refractivity contribution in [3.05, 3.63) is 41.2 Å². The van der Waals surface area contributed by atoms with Gasteiger partial charge in [-0.15, -0.1) is 0 Å². The Bertz CT molecular complexity index is 600. The Morgan fingerprint density at radius 3 is 2.42 bits per heavy atom. The van der Waals surface area contributed by atoms with Gasteiger partial charge in [-0.05, 0) is 38.8 Å². The quantitative estimate of drug-likeness (QED) is 0.882. The zero-order valence-corrected chi connectivity index (χ0v) is 11.3. The maximum Gasteiger partial charge on any atom is 0.139 e. The maximum atomic E-state index is 5.97. The summed E-state index contributed by atoms with van der Waals surface area (Å²) < 4.78 is 0. The van der Waals surface area contributed by atoms with Crippen molar-refractivity contribution in [2.45, 2.75) is 32.6 Å². The molecule has 1 fully saturated rings. The first-order chi connectivity index (χ1) is 9.13. The van der Waals surface area contributed by atoms with Gasteiger partial charge >= 0.3 is 0 Å². The van der Waals surface area contributed by atoms with Crippen LogP contribution in [0, 0.1) is 13.8 Å². The van der Waals surface area contributed by atoms with Crippen molar-refractivity contribution in [2.75, 3.05) is 11.1 Å². The Labute approximate surface area is 113 Å². The van der Waals surface area contributed by atoms with Crippen LogP contribution in [0.4, 0.5) is 17.3 Å². The van der Waals surface area contributed by atoms with Crippen molar-refractivity contribution in [2.24, 2.45) is 0 Å². The molecule has 2 aromatic rings. The summed E-state index contributed by atoms with van der Waals surface area (Å²) in [4.78, 5) is 8.99. The fourth-order valence-corrected chi connectivity index (χ4v) is 1.97. The van der Waals surface area contributed by atoms with Gasteiger partial charge in [0.1, 0.15) is 17.5 Å². The number of anilines is 3. The van der Waals surface area contributed by atoms with Gasteiger partial charge in [-0.25, -0.2) is 9.97 Å². The molecule has 0 atom stereocenters. The minimum atomic E-state index is 0.501. The predicted octanol–water partition coefficient (Wildman–Crippen LogP) is 3.30. The highest BCUT2D eigenvalue weighted by molar-refractivity contribution is 5.63. The molecular formula is C15H18N4. The van der Waals surface area contributed by atoms with E-state index in [2.05, 4.69) is 34.3 Å². The zero-order valence-electron chi connectivity index (χ0n) is 11.3. The third-order valence-corrected chi connectivity index (χ3v) is 3.46. The minimum absolute atomic E-state index is 0.501. The van der Waals surface area contributed by atoms with Crippen LogP contribution in [0.3, 0.4) is 0 Å². The highest BCUT2D eigenvalue weighted by Gasteiger charge is 2.27. The maximum absolute atomic E-state index is 5.97. The Morgan fingerprint density at radius 1 is 1.11 bits per heavy atom. The Morgan fingerprint density at radius 2 is 1.79 bits per heavy atom. The van der Waals surface area contributed by atoms with E-state index in [0.29, 0.717) is 11.7 Å². The highest BCUT2D eigenvalue weighted by Crippen LogP contribution is 2.39. The number of nitrogens with one attached hydrogen (secondary N) is 1. The van der Waals surface area contributed by atoms with Gasteiger partial charge in [0.05, 0.1) is 0 Å². The lowest BCUT2D eigenvalue weighted by atomic mass is 10.2. The highest BCUT2D eigenvalue weighted by atomic mass is 15.1. The minimum Gasteiger partial charge on any atom is -0.383 e. The lowest BCUT2D eigenvalue weighted by Crippen LogP contribution is -2.06. The lowest BCUT2D eigenvalue weighted by molar-refractivity contribution is 0.928. The van der Waals surface area contributed by atoms with Crippen molar-refractivity contribution in [1.29, 1.82) is 0 Å². The van der Waals surface area contributed by atoms with E-state index in [0.717, 1.165) is 22.9 Å². The van der Waals surface area contributed by atoms with Crippen LogP contribution in [0.25, 0.3) is 0 Å². The average molecular weight is 254 g/mol. The van der Waals surface area contributed by atoms with Crippen molar-refractivity contribution in [1.82, 2.24) is 9.97 Å². The first-order valence-electron chi connectivity index (χ1n) is 6.61. The largest absolute Gasteiger partial charge is 0.383 e. The summed E-state index contributed by atoms with van der Waals surface area (Å²) in [7, 11) is 0. The molecule has 0 aliphatic heterocycles. The molecule has 1 saturated carbocycles. The summed E-state index contributed by atoms with van der Waals surface area (Å²) in [5, 5.41) is 3.33. The lowest BCUT2D eigenvalue weighted by Gasteiger charge is -2.12. The predicted molar refractivity (Wildman–Crippen MR) is 77.6 cm³/mol. The standard InChI is InChI=1S/C15H18N4/c1-9-3-7-12(8-4-9)17-14-10(2)13(16)18-15(19-14)11-5-6-11/h3-4,7-8,11H,5-6H2,1-2H3,(H3,16,17,18,19). The molecule has 3 N–H and O–H groups in total. The number of nitrogen functional groups attached to an aromatic ring is 1. The van der Waals surface area contributed by atoms with Crippen molar-refractivity contribution < 1.29 is 0 Å². The summed E-state index contributed by atoms with van der Waals surface area (Å²) >= 11 is 0. The van der Waals surface area contributed by atoms with Crippen LogP contribution in [0.5, 0.6) is 0 Å². The Hall–Kier alpha value is -2.10. The Balaban J connectivity index is 1.92. The number of hydrogen-bond acceptors (Lipinski definition) is 4. The van der Waals surface area contributed by atoms with Crippen LogP contribution in [0.2, 0.25) is 0 Å². The number of nitrogens with two attached hydrogens (primary N) is 1. The van der Waals surface area contributed by atoms with Crippen LogP contribution < -0.4 is 11.1 Å². The second-order valence-corrected chi connectivity index (χ2v) is 5.21. The molecule has 1 aliphatic carbocycles. The van der Waals surface area contributed by atoms with E-state index in [9.17, 15) is 0 Å². The van der Waals surface area contributed by atoms with Crippen LogP contribution >= 0.6 is 0 Å². The summed E-state index contributed by atoms with van der Waals surface area (Å²) in [6.07, 6.45) is 2.35. The van der Waals surface area contributed by atoms with Gasteiger partial charge in [0.25, 0.3) is 0 Å². The third kappa shape index (κ3) is 2.52. The van der Waals surface area contributed by atoms with E-state index in [1.54, 1.807) is 0 Å². The van der Waals surface area contributed by atoms with E-state index >= 15 is 0 Å². The smallest absolute Gasteiger partial charge is 0.139 e. The van der Waals surface area contributed by atoms with Gasteiger partial charge < -0.3 is 11.1 Å². The second-order valence-electron chi connectivity index (χ2n) is 5.21. The molecule has 1 aromatic heterocycles. The first kappa shape index (κ1) is 12.0. The summed E-state index contributed by atoms with van der Waals surface area (Å²) in [5.41, 5.74) is 9.14. The van der Waals surface area contributed by atoms with E-state index < -0.39 is 0 Å². The van der Waals surface area contributed by atoms with E-state index in [1.165, 1.54) is 18.4 Å². The Kier molecular flexibility index (Phi) is 2.85. The molecule has 1 heterocycles. The van der Waals surface area contributed by atoms with E-state index in [4.69, 9.17) is 5.73 Å². The van der Waals surface area contributed by atoms with Crippen LogP contribution in [0.1, 0.15) is 35.7 Å². The summed E-state index contributed by atoms with van der Waals surface area (Å²) in [6, 6.07) is 8.24. The van der Waals surface area contributed by atoms with Gasteiger partial charge in [-0.1, -0.05) is 17.7 Å². The fraction of sp³-hybridized carbons (Fsp3) is 0.333. The molecule has 4 nitrogen and oxygen atoms in total. The average Bonchev–Trinajstić information content (AvgIpc) is 3.21. The van der Waals surface area contributed by atoms with Crippen molar-refractivity contribution in [3.63, 3.8) is 0 Å². The van der Waals surface area contributed by atoms with Crippen LogP contribution in [-0.2, 0) is 0 Å². The van der Waals surface area contributed by atoms with Crippen molar-refractivity contribution >= 4 is 17.3 Å². The van der Waals surface area contributed by atoms with Crippen molar-refractivity contribution in [3.8, 4) is 0 Å².